The van der Waals surface area contributed by atoms with E-state index >= 15 is 0 Å². The van der Waals surface area contributed by atoms with E-state index in [0.717, 1.165) is 158 Å². The Balaban J connectivity index is 0.000000106. The number of nitrogens with zero attached hydrogens (tertiary/aromatic N) is 6. The number of aryl methyl sites for hydroxylation is 10. The quantitative estimate of drug-likeness (QED) is 0.0869. The number of rotatable bonds is 7. The molecule has 0 amide bonds. The van der Waals surface area contributed by atoms with Crippen molar-refractivity contribution in [3.05, 3.63) is 310 Å². The molecule has 6 N–H and O–H groups in total. The average Bonchev–Trinajstić information content (AvgIpc) is 1.61. The summed E-state index contributed by atoms with van der Waals surface area (Å²) in [5.74, 6) is 4.25. The van der Waals surface area contributed by atoms with Gasteiger partial charge in [-0.05, 0) is 224 Å². The van der Waals surface area contributed by atoms with Gasteiger partial charge in [-0.2, -0.15) is 30.6 Å². The summed E-state index contributed by atoms with van der Waals surface area (Å²) >= 11 is 0. The van der Waals surface area contributed by atoms with Crippen LogP contribution in [0.4, 0.5) is 0 Å². The van der Waals surface area contributed by atoms with Crippen molar-refractivity contribution in [3.63, 3.8) is 0 Å². The fraction of sp³-hybridized carbons (Fsp3) is 0.500. The number of hydrogen-bond donors (Lipinski definition) is 6. The second-order valence-corrected chi connectivity index (χ2v) is 47.2. The first-order valence-electron chi connectivity index (χ1n) is 51.8. The van der Waals surface area contributed by atoms with Crippen molar-refractivity contribution in [2.75, 3.05) is 0 Å². The number of allylic oxidation sites excluding steroid dienone is 12. The molecule has 2 fully saturated rings. The van der Waals surface area contributed by atoms with Crippen molar-refractivity contribution in [2.24, 2.45) is 38.9 Å². The van der Waals surface area contributed by atoms with E-state index in [1.165, 1.54) is 196 Å². The number of ketones is 6. The topological polar surface area (TPSA) is 274 Å². The van der Waals surface area contributed by atoms with Crippen molar-refractivity contribution >= 4 is 34.7 Å². The summed E-state index contributed by atoms with van der Waals surface area (Å²) in [7, 11) is 0. The van der Waals surface area contributed by atoms with E-state index in [2.05, 4.69) is 297 Å². The molecule has 2 saturated carbocycles. The Labute approximate surface area is 816 Å². The lowest BCUT2D eigenvalue weighted by atomic mass is 9.62. The third-order valence-electron chi connectivity index (χ3n) is 33.6. The van der Waals surface area contributed by atoms with Crippen LogP contribution >= 0.6 is 0 Å². The third-order valence-corrected chi connectivity index (χ3v) is 33.6. The zero-order valence-corrected chi connectivity index (χ0v) is 85.6. The number of hydrogen-bond acceptors (Lipinski definition) is 12. The summed E-state index contributed by atoms with van der Waals surface area (Å²) < 4.78 is 0. The number of nitrogens with one attached hydrogen (secondary N) is 6. The number of fused-ring (bicyclic) bond motifs is 6. The monoisotopic (exact) mass is 1850 g/mol. The predicted octanol–water partition coefficient (Wildman–Crippen LogP) is 25.3. The van der Waals surface area contributed by atoms with Gasteiger partial charge in [0.15, 0.2) is 34.7 Å². The molecular weight excluding hydrogens is 1710 g/mol. The highest BCUT2D eigenvalue weighted by molar-refractivity contribution is 6.05. The Kier molecular flexibility index (Phi) is 25.6. The van der Waals surface area contributed by atoms with Gasteiger partial charge in [0.2, 0.25) is 0 Å². The van der Waals surface area contributed by atoms with Crippen LogP contribution in [0.25, 0.3) is 0 Å². The predicted molar refractivity (Wildman–Crippen MR) is 545 cm³/mol. The van der Waals surface area contributed by atoms with E-state index in [-0.39, 0.29) is 50.7 Å². The minimum Gasteiger partial charge on any atom is -0.295 e. The Morgan fingerprint density at radius 3 is 0.986 bits per heavy atom. The molecule has 18 heteroatoms. The lowest BCUT2D eigenvalue weighted by Gasteiger charge is -2.41. The highest BCUT2D eigenvalue weighted by Gasteiger charge is 2.52. The summed E-state index contributed by atoms with van der Waals surface area (Å²) in [6.07, 6.45) is 26.5. The van der Waals surface area contributed by atoms with E-state index in [1.807, 2.05) is 0 Å². The number of aromatic nitrogens is 12. The van der Waals surface area contributed by atoms with Gasteiger partial charge < -0.3 is 0 Å². The summed E-state index contributed by atoms with van der Waals surface area (Å²) in [6.45, 7) is 43.0. The molecule has 0 bridgehead atoms. The molecule has 138 heavy (non-hydrogen) atoms. The molecule has 18 nitrogen and oxygen atoms in total. The first kappa shape index (κ1) is 95.5. The Morgan fingerprint density at radius 1 is 0.297 bits per heavy atom. The number of H-pyrrole nitrogens is 6. The van der Waals surface area contributed by atoms with E-state index in [1.54, 1.807) is 0 Å². The van der Waals surface area contributed by atoms with Gasteiger partial charge in [-0.3, -0.25) is 59.4 Å². The molecular formula is C120H144N12O6. The van der Waals surface area contributed by atoms with E-state index in [0.29, 0.717) is 90.5 Å². The van der Waals surface area contributed by atoms with Gasteiger partial charge in [0.05, 0.1) is 34.2 Å². The molecule has 0 radical (unpaired) electrons. The van der Waals surface area contributed by atoms with Gasteiger partial charge in [-0.15, -0.1) is 0 Å². The number of carbonyl (C=O) groups is 6. The summed E-state index contributed by atoms with van der Waals surface area (Å²) in [6, 6.07) is 33.8. The number of carbonyl (C=O) groups excluding carboxylic acids is 6. The second kappa shape index (κ2) is 37.0. The second-order valence-electron chi connectivity index (χ2n) is 47.2. The maximum absolute atomic E-state index is 13.3. The van der Waals surface area contributed by atoms with Crippen molar-refractivity contribution in [1.82, 2.24) is 61.2 Å². The minimum absolute atomic E-state index is 0.0239. The van der Waals surface area contributed by atoms with Gasteiger partial charge in [0.1, 0.15) is 0 Å². The fourth-order valence-corrected chi connectivity index (χ4v) is 27.3. The standard InChI is InChI=1S/C22H26N2O.2C21H24N2O.C20H28N2O.C19H20N2O.C17H22N2O/c1-5-16-21-17(24-23-16)10-14-11-22(3,4)12-18(25)19(14)20(21)15-9-7-6-8-13(15)2;1-12-7-5-6-8-15(12)20-18-13(2)22-23-16(18)9-14-10-21(3,4)11-17(24)19(14)20;1-12-7-5-6-8-15(12)19-17-13(2)22-23-16(17)11-14-9-10-21(3,4)20(24)18(14)19;1-12-17-15(22-21-12)9-14-10-20(2,3)11-16(23)18(14)19(17)13-7-5-4-6-8-13;1-11-6-3-4-8-14(11)19-17-12(2)20-21-15(17)10-13-7-5-9-16(22)18(13)19;1-9-14-12(19-18-9)6-11-7-17(2,3)8-13(20)15(11)16(14)10-4-5-10/h6-9,20H,5,10-12H2,1-4H3,(H,23,24);5-8,20H,9-11H2,1-4H3,(H,22,23);5-8,19H,9-11H2,1-4H3,(H,22,23);13,19H,4-11H2,1-3H3,(H,21,22);3-4,6,8,19H,5,7,9-10H2,1-2H3,(H,20,21);10,16H,4-8H2,1-3H3,(H,18,19). The Bertz CT molecular complexity index is 6800. The van der Waals surface area contributed by atoms with Crippen LogP contribution in [0.1, 0.15) is 386 Å². The summed E-state index contributed by atoms with van der Waals surface area (Å²) in [5, 5.41) is 46.4. The summed E-state index contributed by atoms with van der Waals surface area (Å²) in [5.41, 5.74) is 45.8. The van der Waals surface area contributed by atoms with E-state index in [9.17, 15) is 28.8 Å². The van der Waals surface area contributed by atoms with Crippen LogP contribution in [0, 0.1) is 101 Å². The number of benzene rings is 4. The van der Waals surface area contributed by atoms with Crippen LogP contribution in [0.2, 0.25) is 0 Å². The molecule has 720 valence electrons. The van der Waals surface area contributed by atoms with Crippen LogP contribution in [0.15, 0.2) is 164 Å². The molecule has 6 aromatic heterocycles. The van der Waals surface area contributed by atoms with Crippen LogP contribution in [0.5, 0.6) is 0 Å². The third kappa shape index (κ3) is 18.0. The normalized spacial score (nSPS) is 23.8. The van der Waals surface area contributed by atoms with Crippen LogP contribution in [0.3, 0.4) is 0 Å². The maximum atomic E-state index is 13.3. The van der Waals surface area contributed by atoms with Gasteiger partial charge in [-0.1, -0.05) is 226 Å². The van der Waals surface area contributed by atoms with E-state index < -0.39 is 0 Å². The van der Waals surface area contributed by atoms with Crippen molar-refractivity contribution < 1.29 is 28.8 Å². The van der Waals surface area contributed by atoms with E-state index in [4.69, 9.17) is 0 Å². The van der Waals surface area contributed by atoms with Crippen LogP contribution in [-0.2, 0) is 73.7 Å². The number of aromatic amines is 6. The largest absolute Gasteiger partial charge is 0.295 e. The van der Waals surface area contributed by atoms with Crippen molar-refractivity contribution in [3.8, 4) is 0 Å². The minimum atomic E-state index is -0.269. The van der Waals surface area contributed by atoms with Crippen molar-refractivity contribution in [1.29, 1.82) is 0 Å². The average molecular weight is 1850 g/mol. The smallest absolute Gasteiger partial charge is 0.165 e. The lowest BCUT2D eigenvalue weighted by molar-refractivity contribution is -0.124. The molecule has 4 aromatic carbocycles. The molecule has 24 rings (SSSR count). The van der Waals surface area contributed by atoms with Gasteiger partial charge in [0.25, 0.3) is 0 Å². The SMILES string of the molecule is CCc1n[nH]c2c1C(c1ccccc1C)C1=C(C2)CC(C)(C)CC1=O.Cc1[nH]nc2c1C(C1CC1)C1=C(C2)CC(C)(C)CC1=O.Cc1[nH]nc2c1C(C1CCCCC1)C1=C(C2)CC(C)(C)CC1=O.Cc1ccccc1C1C2=C(CCC(C)(C)C2=O)Cc2n[nH]c(C)c21.Cc1ccccc1C1C2=C(CCCC2=O)Cc2n[nH]c(C)c21.Cc1ccccc1C1C2=C(Cc3n[nH]c(C)c31)CC(C)(C)CC2=O. The summed E-state index contributed by atoms with van der Waals surface area (Å²) in [4.78, 5) is 78.1. The van der Waals surface area contributed by atoms with Crippen LogP contribution < -0.4 is 0 Å². The molecule has 14 aliphatic rings. The number of Topliss-reactive ketones (excluding diaryl/α,β-unsaturated/α-hetero) is 6. The molecule has 6 atom stereocenters. The zero-order valence-electron chi connectivity index (χ0n) is 85.6. The highest BCUT2D eigenvalue weighted by atomic mass is 16.1. The molecule has 6 unspecified atom stereocenters. The molecule has 0 saturated heterocycles. The fourth-order valence-electron chi connectivity index (χ4n) is 27.3. The Morgan fingerprint density at radius 2 is 0.609 bits per heavy atom. The zero-order chi connectivity index (χ0) is 97.4. The molecule has 0 aliphatic heterocycles. The van der Waals surface area contributed by atoms with Gasteiger partial charge in [0, 0.05) is 213 Å². The van der Waals surface area contributed by atoms with Gasteiger partial charge in [-0.25, -0.2) is 0 Å². The molecule has 14 aliphatic carbocycles. The van der Waals surface area contributed by atoms with Crippen molar-refractivity contribution in [2.45, 2.75) is 347 Å². The first-order chi connectivity index (χ1) is 65.8. The molecule has 6 heterocycles. The highest BCUT2D eigenvalue weighted by Crippen LogP contribution is 2.59. The maximum Gasteiger partial charge on any atom is 0.165 e. The first-order valence-corrected chi connectivity index (χ1v) is 51.8. The van der Waals surface area contributed by atoms with Gasteiger partial charge >= 0.3 is 0 Å². The molecule has 10 aromatic rings. The Hall–Kier alpha value is -11.4. The lowest BCUT2D eigenvalue weighted by Crippen LogP contribution is -2.35. The molecule has 0 spiro atoms. The van der Waals surface area contributed by atoms with Crippen LogP contribution in [-0.4, -0.2) is 95.9 Å².